The number of amides is 2. The Balaban J connectivity index is 2.02. The maximum Gasteiger partial charge on any atom is 0.333 e. The third kappa shape index (κ3) is 11.1. The quantitative estimate of drug-likeness (QED) is 0.102. The van der Waals surface area contributed by atoms with Crippen LogP contribution in [0.25, 0.3) is 5.57 Å². The van der Waals surface area contributed by atoms with E-state index >= 15 is 0 Å². The summed E-state index contributed by atoms with van der Waals surface area (Å²) in [7, 11) is 1.41. The molecule has 0 aliphatic heterocycles. The molecule has 2 aliphatic carbocycles. The number of hydrogen-bond donors (Lipinski definition) is 2. The highest BCUT2D eigenvalue weighted by atomic mass is 16.5. The van der Waals surface area contributed by atoms with Gasteiger partial charge in [0.1, 0.15) is 25.6 Å². The van der Waals surface area contributed by atoms with Crippen molar-refractivity contribution in [2.75, 3.05) is 56.8 Å². The number of methoxy groups -OCH3 is 1. The van der Waals surface area contributed by atoms with Gasteiger partial charge in [0.05, 0.1) is 55.0 Å². The van der Waals surface area contributed by atoms with Gasteiger partial charge in [-0.3, -0.25) is 19.4 Å². The number of esters is 3. The highest BCUT2D eigenvalue weighted by molar-refractivity contribution is 6.40. The van der Waals surface area contributed by atoms with E-state index in [1.165, 1.54) is 34.8 Å². The van der Waals surface area contributed by atoms with Crippen molar-refractivity contribution in [3.63, 3.8) is 0 Å². The summed E-state index contributed by atoms with van der Waals surface area (Å²) < 4.78 is 21.4. The molecule has 0 saturated carbocycles. The first-order valence-electron chi connectivity index (χ1n) is 16.5. The number of nitrogens with zero attached hydrogens (tertiary/aromatic N) is 2. The van der Waals surface area contributed by atoms with Gasteiger partial charge in [-0.1, -0.05) is 19.7 Å². The van der Waals surface area contributed by atoms with Crippen molar-refractivity contribution in [3.05, 3.63) is 101 Å². The van der Waals surface area contributed by atoms with Gasteiger partial charge in [-0.25, -0.2) is 14.4 Å². The molecule has 0 fully saturated rings. The van der Waals surface area contributed by atoms with Crippen LogP contribution in [0.4, 0.5) is 11.4 Å². The van der Waals surface area contributed by atoms with E-state index in [0.717, 1.165) is 0 Å². The summed E-state index contributed by atoms with van der Waals surface area (Å²) in [6.07, 6.45) is 4.88. The molecular weight excluding hydrogens is 684 g/mol. The topological polar surface area (TPSA) is 179 Å². The molecule has 0 bridgehead atoms. The van der Waals surface area contributed by atoms with Gasteiger partial charge in [0, 0.05) is 47.4 Å². The molecule has 1 aromatic rings. The lowest BCUT2D eigenvalue weighted by molar-refractivity contribution is -0.139. The molecule has 53 heavy (non-hydrogen) atoms. The molecule has 2 aliphatic rings. The van der Waals surface area contributed by atoms with Gasteiger partial charge in [-0.15, -0.1) is 0 Å². The molecule has 3 rings (SSSR count). The molecule has 0 heterocycles. The molecule has 0 radical (unpaired) electrons. The zero-order chi connectivity index (χ0) is 39.4. The number of ketones is 1. The van der Waals surface area contributed by atoms with Gasteiger partial charge in [-0.2, -0.15) is 0 Å². The van der Waals surface area contributed by atoms with Crippen LogP contribution in [0.3, 0.4) is 0 Å². The summed E-state index contributed by atoms with van der Waals surface area (Å²) in [6.45, 7) is 18.5. The van der Waals surface area contributed by atoms with Gasteiger partial charge in [0.25, 0.3) is 0 Å². The second-order valence-electron chi connectivity index (χ2n) is 12.1. The fourth-order valence-corrected chi connectivity index (χ4v) is 5.02. The number of hydrogen-bond acceptors (Lipinski definition) is 12. The van der Waals surface area contributed by atoms with Crippen molar-refractivity contribution in [1.29, 1.82) is 0 Å². The van der Waals surface area contributed by atoms with Crippen molar-refractivity contribution in [2.24, 2.45) is 4.99 Å². The fraction of sp³-hybridized carbons (Fsp3) is 0.308. The largest absolute Gasteiger partial charge is 0.495 e. The van der Waals surface area contributed by atoms with Crippen molar-refractivity contribution in [3.8, 4) is 0 Å². The van der Waals surface area contributed by atoms with E-state index in [0.29, 0.717) is 33.9 Å². The lowest BCUT2D eigenvalue weighted by atomic mass is 9.78. The smallest absolute Gasteiger partial charge is 0.333 e. The van der Waals surface area contributed by atoms with Gasteiger partial charge < -0.3 is 34.5 Å². The number of rotatable bonds is 17. The zero-order valence-corrected chi connectivity index (χ0v) is 30.8. The van der Waals surface area contributed by atoms with Crippen molar-refractivity contribution < 1.29 is 47.7 Å². The Hall–Kier alpha value is -6.31. The zero-order valence-electron chi connectivity index (χ0n) is 30.8. The van der Waals surface area contributed by atoms with Gasteiger partial charge in [0.2, 0.25) is 17.6 Å². The molecule has 2 N–H and O–H groups in total. The molecular formula is C39H44N4O10. The van der Waals surface area contributed by atoms with Crippen LogP contribution in [-0.2, 0) is 47.7 Å². The normalized spacial score (nSPS) is 15.5. The molecule has 0 atom stereocenters. The van der Waals surface area contributed by atoms with Crippen LogP contribution in [0.2, 0.25) is 0 Å². The summed E-state index contributed by atoms with van der Waals surface area (Å²) in [5.41, 5.74) is 3.52. The van der Waals surface area contributed by atoms with Crippen LogP contribution >= 0.6 is 0 Å². The van der Waals surface area contributed by atoms with E-state index in [1.54, 1.807) is 48.3 Å². The molecule has 0 aromatic heterocycles. The van der Waals surface area contributed by atoms with Gasteiger partial charge >= 0.3 is 17.9 Å². The lowest BCUT2D eigenvalue weighted by Gasteiger charge is -2.30. The first-order valence-corrected chi connectivity index (χ1v) is 16.5. The molecule has 14 nitrogen and oxygen atoms in total. The number of nitrogens with one attached hydrogen (secondary N) is 2. The molecule has 2 amide bonds. The van der Waals surface area contributed by atoms with Crippen LogP contribution in [0, 0.1) is 0 Å². The van der Waals surface area contributed by atoms with E-state index in [4.69, 9.17) is 18.9 Å². The number of anilines is 2. The van der Waals surface area contributed by atoms with Crippen LogP contribution in [0.15, 0.2) is 100 Å². The van der Waals surface area contributed by atoms with Crippen molar-refractivity contribution in [1.82, 2.24) is 5.32 Å². The highest BCUT2D eigenvalue weighted by Crippen LogP contribution is 2.44. The molecule has 0 saturated heterocycles. The second-order valence-corrected chi connectivity index (χ2v) is 12.1. The number of carbonyl (C=O) groups is 6. The van der Waals surface area contributed by atoms with E-state index in [2.05, 4.69) is 35.4 Å². The predicted octanol–water partition coefficient (Wildman–Crippen LogP) is 4.08. The number of benzene rings is 1. The summed E-state index contributed by atoms with van der Waals surface area (Å²) >= 11 is 0. The molecule has 1 aromatic carbocycles. The summed E-state index contributed by atoms with van der Waals surface area (Å²) in [5.74, 6) is -2.61. The van der Waals surface area contributed by atoms with Gasteiger partial charge in [-0.05, 0) is 57.2 Å². The Morgan fingerprint density at radius 1 is 0.755 bits per heavy atom. The highest BCUT2D eigenvalue weighted by Gasteiger charge is 2.40. The van der Waals surface area contributed by atoms with Crippen molar-refractivity contribution in [2.45, 2.75) is 34.6 Å². The minimum absolute atomic E-state index is 0.0156. The Bertz CT molecular complexity index is 1880. The molecule has 280 valence electrons. The predicted molar refractivity (Wildman–Crippen MR) is 200 cm³/mol. The second kappa shape index (κ2) is 18.8. The Labute approximate surface area is 308 Å². The lowest BCUT2D eigenvalue weighted by Crippen LogP contribution is -2.32. The van der Waals surface area contributed by atoms with Crippen molar-refractivity contribution >= 4 is 58.2 Å². The number of aliphatic imine (C=N–C) groups is 1. The number of carbonyl (C=O) groups excluding carboxylic acids is 6. The average Bonchev–Trinajstić information content (AvgIpc) is 3.08. The maximum atomic E-state index is 14.0. The fourth-order valence-electron chi connectivity index (χ4n) is 5.02. The van der Waals surface area contributed by atoms with E-state index in [-0.39, 0.29) is 79.0 Å². The Kier molecular flexibility index (Phi) is 14.6. The third-order valence-corrected chi connectivity index (χ3v) is 7.50. The average molecular weight is 729 g/mol. The SMILES string of the molecule is C=C(C)C(=O)OCCN=C1C=C/C(=C2\C(=O)C(c3ccc(N(CCOC(=O)C(=C)C)CCOC(=O)C(=C)C)cc3NC(C)=O)=C2OC)C(NC(C)=O)=C1. The van der Waals surface area contributed by atoms with Gasteiger partial charge in [0.15, 0.2) is 0 Å². The van der Waals surface area contributed by atoms with E-state index in [9.17, 15) is 28.8 Å². The van der Waals surface area contributed by atoms with Crippen LogP contribution in [0.1, 0.15) is 40.2 Å². The summed E-state index contributed by atoms with van der Waals surface area (Å²) in [5, 5.41) is 5.52. The standard InChI is InChI=1S/C39H44N4O10/c1-22(2)37(47)51-17-14-40-27-10-12-29(31(20-27)41-25(7)44)33-35(46)34(36(33)50-9)30-13-11-28(21-32(30)42-26(8)45)43(15-18-52-38(48)23(3)4)16-19-53-39(49)24(5)6/h10-13,20-21H,1,3,5,14-19H2,2,4,6-9H3,(H,41,44)(H,42,45)/b33-29-,40-27?. The first kappa shape index (κ1) is 41.1. The van der Waals surface area contributed by atoms with Crippen LogP contribution in [0.5, 0.6) is 0 Å². The van der Waals surface area contributed by atoms with Crippen LogP contribution < -0.4 is 15.5 Å². The first-order chi connectivity index (χ1) is 25.0. The monoisotopic (exact) mass is 728 g/mol. The number of ether oxygens (including phenoxy) is 4. The third-order valence-electron chi connectivity index (χ3n) is 7.50. The van der Waals surface area contributed by atoms with E-state index < -0.39 is 29.6 Å². The summed E-state index contributed by atoms with van der Waals surface area (Å²) in [4.78, 5) is 80.4. The molecule has 14 heteroatoms. The minimum Gasteiger partial charge on any atom is -0.495 e. The molecule has 0 unspecified atom stereocenters. The van der Waals surface area contributed by atoms with Crippen LogP contribution in [-0.4, -0.2) is 87.8 Å². The Morgan fingerprint density at radius 3 is 1.81 bits per heavy atom. The van der Waals surface area contributed by atoms with E-state index in [1.807, 2.05) is 0 Å². The Morgan fingerprint density at radius 2 is 1.30 bits per heavy atom. The number of allylic oxidation sites excluding steroid dienone is 5. The minimum atomic E-state index is -0.560. The summed E-state index contributed by atoms with van der Waals surface area (Å²) in [6, 6.07) is 5.00. The number of Topliss-reactive ketones (excluding diaryl/α,β-unsaturated/α-hetero) is 1. The maximum absolute atomic E-state index is 14.0. The molecule has 0 spiro atoms.